The van der Waals surface area contributed by atoms with Crippen LogP contribution in [-0.2, 0) is 11.2 Å². The van der Waals surface area contributed by atoms with Crippen LogP contribution in [0.15, 0.2) is 48.7 Å². The van der Waals surface area contributed by atoms with Crippen LogP contribution in [0.1, 0.15) is 46.1 Å². The van der Waals surface area contributed by atoms with Crippen molar-refractivity contribution in [2.24, 2.45) is 0 Å². The molecule has 4 rings (SSSR count). The molecule has 2 aromatic heterocycles. The fourth-order valence-corrected chi connectivity index (χ4v) is 4.03. The van der Waals surface area contributed by atoms with E-state index in [1.165, 1.54) is 0 Å². The number of aromatic nitrogens is 2. The van der Waals surface area contributed by atoms with E-state index in [4.69, 9.17) is 0 Å². The predicted molar refractivity (Wildman–Crippen MR) is 106 cm³/mol. The van der Waals surface area contributed by atoms with Crippen LogP contribution in [0.2, 0.25) is 0 Å². The van der Waals surface area contributed by atoms with Crippen LogP contribution in [0.25, 0.3) is 5.65 Å². The van der Waals surface area contributed by atoms with Gasteiger partial charge in [0.15, 0.2) is 0 Å². The number of carbonyl (C=O) groups is 2. The number of pyridine rings is 1. The van der Waals surface area contributed by atoms with Crippen molar-refractivity contribution in [3.05, 3.63) is 71.2 Å². The summed E-state index contributed by atoms with van der Waals surface area (Å²) in [6.07, 6.45) is 4.13. The monoisotopic (exact) mass is 377 g/mol. The summed E-state index contributed by atoms with van der Waals surface area (Å²) in [4.78, 5) is 30.7. The Balaban J connectivity index is 1.51. The average Bonchev–Trinajstić information content (AvgIpc) is 3.03. The first-order chi connectivity index (χ1) is 13.5. The van der Waals surface area contributed by atoms with Crippen molar-refractivity contribution in [1.82, 2.24) is 14.3 Å². The zero-order valence-electron chi connectivity index (χ0n) is 15.8. The van der Waals surface area contributed by atoms with Gasteiger partial charge in [-0.05, 0) is 49.6 Å². The molecule has 1 amide bonds. The Bertz CT molecular complexity index is 1040. The highest BCUT2D eigenvalue weighted by Gasteiger charge is 2.26. The number of carboxylic acid groups (broad SMARTS) is 1. The molecule has 0 bridgehead atoms. The summed E-state index contributed by atoms with van der Waals surface area (Å²) >= 11 is 0. The van der Waals surface area contributed by atoms with Crippen LogP contribution in [0, 0.1) is 6.92 Å². The highest BCUT2D eigenvalue weighted by Crippen LogP contribution is 2.28. The molecule has 0 aliphatic carbocycles. The SMILES string of the molecule is Cc1nc2ccccn2c1CC(=O)N1CCC[C@H](c2cccc(C(=O)O)c2)C1. The van der Waals surface area contributed by atoms with Crippen molar-refractivity contribution in [2.45, 2.75) is 32.1 Å². The minimum atomic E-state index is -0.923. The largest absolute Gasteiger partial charge is 0.478 e. The summed E-state index contributed by atoms with van der Waals surface area (Å²) in [7, 11) is 0. The first-order valence-electron chi connectivity index (χ1n) is 9.56. The number of likely N-dealkylation sites (tertiary alicyclic amines) is 1. The topological polar surface area (TPSA) is 74.9 Å². The molecule has 1 aliphatic rings. The molecule has 1 aromatic carbocycles. The summed E-state index contributed by atoms with van der Waals surface area (Å²) in [6.45, 7) is 3.30. The number of carboxylic acids is 1. The molecular weight excluding hydrogens is 354 g/mol. The Labute approximate surface area is 163 Å². The van der Waals surface area contributed by atoms with Gasteiger partial charge in [0.05, 0.1) is 23.4 Å². The van der Waals surface area contributed by atoms with Crippen LogP contribution in [0.5, 0.6) is 0 Å². The highest BCUT2D eigenvalue weighted by atomic mass is 16.4. The third-order valence-electron chi connectivity index (χ3n) is 5.53. The summed E-state index contributed by atoms with van der Waals surface area (Å²) in [5, 5.41) is 9.23. The number of aromatic carboxylic acids is 1. The Kier molecular flexibility index (Phi) is 4.86. The number of benzene rings is 1. The smallest absolute Gasteiger partial charge is 0.335 e. The Morgan fingerprint density at radius 2 is 2.07 bits per heavy atom. The normalized spacial score (nSPS) is 17.0. The van der Waals surface area contributed by atoms with Crippen LogP contribution >= 0.6 is 0 Å². The van der Waals surface area contributed by atoms with Crippen LogP contribution < -0.4 is 0 Å². The fourth-order valence-electron chi connectivity index (χ4n) is 4.03. The van der Waals surface area contributed by atoms with Gasteiger partial charge in [-0.3, -0.25) is 4.79 Å². The van der Waals surface area contributed by atoms with Gasteiger partial charge in [-0.15, -0.1) is 0 Å². The van der Waals surface area contributed by atoms with Gasteiger partial charge in [-0.1, -0.05) is 18.2 Å². The summed E-state index contributed by atoms with van der Waals surface area (Å²) in [5.74, 6) is -0.665. The summed E-state index contributed by atoms with van der Waals surface area (Å²) in [6, 6.07) is 12.9. The lowest BCUT2D eigenvalue weighted by Gasteiger charge is -2.33. The molecule has 1 atom stereocenters. The standard InChI is InChI=1S/C22H23N3O3/c1-15-19(25-11-3-2-9-20(25)23-15)13-21(26)24-10-5-8-18(14-24)16-6-4-7-17(12-16)22(27)28/h2-4,6-7,9,11-12,18H,5,8,10,13-14H2,1H3,(H,27,28)/t18-/m0/s1. The molecule has 1 fully saturated rings. The molecule has 0 unspecified atom stereocenters. The molecule has 0 saturated carbocycles. The number of hydrogen-bond donors (Lipinski definition) is 1. The van der Waals surface area contributed by atoms with Crippen LogP contribution in [0.4, 0.5) is 0 Å². The lowest BCUT2D eigenvalue weighted by molar-refractivity contribution is -0.131. The maximum atomic E-state index is 13.0. The number of piperidine rings is 1. The van der Waals surface area contributed by atoms with Crippen LogP contribution in [-0.4, -0.2) is 44.4 Å². The average molecular weight is 377 g/mol. The summed E-state index contributed by atoms with van der Waals surface area (Å²) < 4.78 is 1.98. The predicted octanol–water partition coefficient (Wildman–Crippen LogP) is 3.29. The number of nitrogens with zero attached hydrogens (tertiary/aromatic N) is 3. The molecule has 1 aliphatic heterocycles. The van der Waals surface area contributed by atoms with Gasteiger partial charge in [-0.2, -0.15) is 0 Å². The third-order valence-corrected chi connectivity index (χ3v) is 5.53. The maximum absolute atomic E-state index is 13.0. The molecule has 28 heavy (non-hydrogen) atoms. The van der Waals surface area contributed by atoms with Crippen LogP contribution in [0.3, 0.4) is 0 Å². The molecule has 0 radical (unpaired) electrons. The number of aryl methyl sites for hydroxylation is 1. The third kappa shape index (κ3) is 3.50. The van der Waals surface area contributed by atoms with E-state index in [-0.39, 0.29) is 11.8 Å². The van der Waals surface area contributed by atoms with Gasteiger partial charge in [-0.25, -0.2) is 9.78 Å². The molecular formula is C22H23N3O3. The molecule has 1 saturated heterocycles. The van der Waals surface area contributed by atoms with E-state index in [0.717, 1.165) is 42.0 Å². The zero-order valence-corrected chi connectivity index (χ0v) is 15.8. The zero-order chi connectivity index (χ0) is 19.7. The van der Waals surface area contributed by atoms with Gasteiger partial charge >= 0.3 is 5.97 Å². The molecule has 0 spiro atoms. The van der Waals surface area contributed by atoms with Crippen molar-refractivity contribution in [3.8, 4) is 0 Å². The van der Waals surface area contributed by atoms with Crippen molar-refractivity contribution in [1.29, 1.82) is 0 Å². The maximum Gasteiger partial charge on any atom is 0.335 e. The minimum Gasteiger partial charge on any atom is -0.478 e. The molecule has 6 heteroatoms. The lowest BCUT2D eigenvalue weighted by Crippen LogP contribution is -2.40. The van der Waals surface area contributed by atoms with Crippen molar-refractivity contribution >= 4 is 17.5 Å². The van der Waals surface area contributed by atoms with E-state index in [1.54, 1.807) is 18.2 Å². The van der Waals surface area contributed by atoms with E-state index < -0.39 is 5.97 Å². The summed E-state index contributed by atoms with van der Waals surface area (Å²) in [5.41, 5.74) is 3.94. The molecule has 1 N–H and O–H groups in total. The van der Waals surface area contributed by atoms with Gasteiger partial charge in [0.2, 0.25) is 5.91 Å². The van der Waals surface area contributed by atoms with E-state index in [9.17, 15) is 14.7 Å². The molecule has 3 aromatic rings. The fraction of sp³-hybridized carbons (Fsp3) is 0.318. The number of rotatable bonds is 4. The number of carbonyl (C=O) groups excluding carboxylic acids is 1. The van der Waals surface area contributed by atoms with E-state index >= 15 is 0 Å². The quantitative estimate of drug-likeness (QED) is 0.757. The number of fused-ring (bicyclic) bond motifs is 1. The number of imidazole rings is 1. The second-order valence-electron chi connectivity index (χ2n) is 7.36. The Morgan fingerprint density at radius 1 is 1.21 bits per heavy atom. The first-order valence-corrected chi connectivity index (χ1v) is 9.56. The van der Waals surface area contributed by atoms with E-state index in [2.05, 4.69) is 4.98 Å². The first kappa shape index (κ1) is 18.2. The lowest BCUT2D eigenvalue weighted by atomic mass is 9.89. The Hall–Kier alpha value is -3.15. The number of hydrogen-bond acceptors (Lipinski definition) is 3. The number of amides is 1. The van der Waals surface area contributed by atoms with Gasteiger partial charge in [0.1, 0.15) is 5.65 Å². The minimum absolute atomic E-state index is 0.0906. The molecule has 3 heterocycles. The van der Waals surface area contributed by atoms with Crippen molar-refractivity contribution in [2.75, 3.05) is 13.1 Å². The Morgan fingerprint density at radius 3 is 2.89 bits per heavy atom. The molecule has 6 nitrogen and oxygen atoms in total. The van der Waals surface area contributed by atoms with Gasteiger partial charge in [0.25, 0.3) is 0 Å². The second-order valence-corrected chi connectivity index (χ2v) is 7.36. The van der Waals surface area contributed by atoms with E-state index in [0.29, 0.717) is 18.5 Å². The van der Waals surface area contributed by atoms with Crippen molar-refractivity contribution < 1.29 is 14.7 Å². The van der Waals surface area contributed by atoms with Gasteiger partial charge < -0.3 is 14.4 Å². The van der Waals surface area contributed by atoms with Gasteiger partial charge in [0, 0.05) is 25.2 Å². The second kappa shape index (κ2) is 7.46. The van der Waals surface area contributed by atoms with E-state index in [1.807, 2.05) is 46.7 Å². The molecule has 144 valence electrons. The van der Waals surface area contributed by atoms with Crippen molar-refractivity contribution in [3.63, 3.8) is 0 Å². The highest BCUT2D eigenvalue weighted by molar-refractivity contribution is 5.87.